The number of aromatic nitrogens is 1. The number of thiazole rings is 1. The summed E-state index contributed by atoms with van der Waals surface area (Å²) in [5.74, 6) is -0.302. The lowest BCUT2D eigenvalue weighted by Crippen LogP contribution is -2.55. The molecule has 1 aromatic rings. The van der Waals surface area contributed by atoms with Gasteiger partial charge in [-0.3, -0.25) is 10.1 Å². The Morgan fingerprint density at radius 3 is 2.83 bits per heavy atom. The van der Waals surface area contributed by atoms with Gasteiger partial charge < -0.3 is 10.1 Å². The van der Waals surface area contributed by atoms with E-state index in [1.807, 2.05) is 0 Å². The number of urea groups is 1. The molecule has 98 valence electrons. The van der Waals surface area contributed by atoms with E-state index in [1.165, 1.54) is 18.4 Å². The molecular weight excluding hydrogens is 254 g/mol. The number of esters is 1. The van der Waals surface area contributed by atoms with Crippen LogP contribution >= 0.6 is 11.3 Å². The molecule has 1 aliphatic rings. The van der Waals surface area contributed by atoms with Crippen molar-refractivity contribution in [2.45, 2.75) is 31.2 Å². The van der Waals surface area contributed by atoms with Gasteiger partial charge in [0.15, 0.2) is 5.13 Å². The second kappa shape index (κ2) is 5.34. The molecule has 2 amide bonds. The lowest BCUT2D eigenvalue weighted by molar-refractivity contribution is -0.143. The first-order valence-corrected chi connectivity index (χ1v) is 6.57. The molecule has 0 radical (unpaired) electrons. The first-order valence-electron chi connectivity index (χ1n) is 5.69. The van der Waals surface area contributed by atoms with Gasteiger partial charge in [0.2, 0.25) is 0 Å². The third-order valence-corrected chi connectivity index (χ3v) is 3.74. The topological polar surface area (TPSA) is 80.3 Å². The minimum absolute atomic E-state index is 0.217. The summed E-state index contributed by atoms with van der Waals surface area (Å²) in [6.45, 7) is 0. The minimum Gasteiger partial charge on any atom is -0.469 e. The summed E-state index contributed by atoms with van der Waals surface area (Å²) in [5.41, 5.74) is -0.450. The fourth-order valence-electron chi connectivity index (χ4n) is 1.95. The largest absolute Gasteiger partial charge is 0.469 e. The molecule has 1 aliphatic carbocycles. The molecule has 0 aromatic carbocycles. The Kier molecular flexibility index (Phi) is 3.81. The first-order chi connectivity index (χ1) is 8.63. The number of amides is 2. The van der Waals surface area contributed by atoms with Crippen LogP contribution in [0.3, 0.4) is 0 Å². The molecule has 2 rings (SSSR count). The van der Waals surface area contributed by atoms with Gasteiger partial charge in [-0.05, 0) is 19.3 Å². The lowest BCUT2D eigenvalue weighted by Gasteiger charge is -2.41. The molecule has 2 N–H and O–H groups in total. The molecule has 0 atom stereocenters. The van der Waals surface area contributed by atoms with E-state index >= 15 is 0 Å². The van der Waals surface area contributed by atoms with Crippen LogP contribution < -0.4 is 10.6 Å². The van der Waals surface area contributed by atoms with Crippen LogP contribution in [0, 0.1) is 0 Å². The Labute approximate surface area is 109 Å². The molecule has 0 unspecified atom stereocenters. The van der Waals surface area contributed by atoms with Gasteiger partial charge in [0.05, 0.1) is 19.1 Å². The first kappa shape index (κ1) is 12.8. The summed E-state index contributed by atoms with van der Waals surface area (Å²) in [5, 5.41) is 7.81. The minimum atomic E-state index is -0.450. The molecule has 1 saturated carbocycles. The predicted octanol–water partition coefficient (Wildman–Crippen LogP) is 1.75. The molecule has 1 heterocycles. The van der Waals surface area contributed by atoms with Crippen molar-refractivity contribution in [2.75, 3.05) is 12.4 Å². The molecule has 0 saturated heterocycles. The number of hydrogen-bond donors (Lipinski definition) is 2. The van der Waals surface area contributed by atoms with Crippen molar-refractivity contribution in [1.29, 1.82) is 0 Å². The van der Waals surface area contributed by atoms with E-state index in [0.717, 1.165) is 19.3 Å². The second-order valence-corrected chi connectivity index (χ2v) is 5.20. The van der Waals surface area contributed by atoms with Gasteiger partial charge >= 0.3 is 12.0 Å². The number of anilines is 1. The van der Waals surface area contributed by atoms with E-state index in [4.69, 9.17) is 0 Å². The number of carbonyl (C=O) groups excluding carboxylic acids is 2. The van der Waals surface area contributed by atoms with Crippen molar-refractivity contribution in [3.8, 4) is 0 Å². The van der Waals surface area contributed by atoms with E-state index < -0.39 is 5.54 Å². The van der Waals surface area contributed by atoms with Gasteiger partial charge in [0, 0.05) is 11.6 Å². The fraction of sp³-hybridized carbons (Fsp3) is 0.545. The van der Waals surface area contributed by atoms with Crippen molar-refractivity contribution >= 4 is 28.5 Å². The SMILES string of the molecule is COC(=O)CC1(NC(=O)Nc2nccs2)CCC1. The van der Waals surface area contributed by atoms with E-state index in [2.05, 4.69) is 20.4 Å². The zero-order valence-corrected chi connectivity index (χ0v) is 10.9. The number of nitrogens with one attached hydrogen (secondary N) is 2. The monoisotopic (exact) mass is 269 g/mol. The zero-order valence-electron chi connectivity index (χ0n) is 10.1. The van der Waals surface area contributed by atoms with Crippen molar-refractivity contribution < 1.29 is 14.3 Å². The Morgan fingerprint density at radius 1 is 1.56 bits per heavy atom. The predicted molar refractivity (Wildman–Crippen MR) is 67.5 cm³/mol. The van der Waals surface area contributed by atoms with Crippen LogP contribution in [-0.2, 0) is 9.53 Å². The smallest absolute Gasteiger partial charge is 0.321 e. The molecule has 6 nitrogen and oxygen atoms in total. The van der Waals surface area contributed by atoms with Gasteiger partial charge in [-0.25, -0.2) is 9.78 Å². The highest BCUT2D eigenvalue weighted by atomic mass is 32.1. The lowest BCUT2D eigenvalue weighted by atomic mass is 9.74. The van der Waals surface area contributed by atoms with Gasteiger partial charge in [-0.1, -0.05) is 0 Å². The normalized spacial score (nSPS) is 16.5. The van der Waals surface area contributed by atoms with Gasteiger partial charge in [-0.15, -0.1) is 11.3 Å². The van der Waals surface area contributed by atoms with Gasteiger partial charge in [0.25, 0.3) is 0 Å². The maximum Gasteiger partial charge on any atom is 0.321 e. The summed E-state index contributed by atoms with van der Waals surface area (Å²) in [6, 6.07) is -0.325. The Bertz CT molecular complexity index is 429. The van der Waals surface area contributed by atoms with Crippen molar-refractivity contribution in [3.63, 3.8) is 0 Å². The molecule has 7 heteroatoms. The number of ether oxygens (including phenoxy) is 1. The zero-order chi connectivity index (χ0) is 13.0. The molecule has 0 aliphatic heterocycles. The molecule has 0 bridgehead atoms. The average Bonchev–Trinajstić information content (AvgIpc) is 2.78. The highest BCUT2D eigenvalue weighted by Crippen LogP contribution is 2.35. The van der Waals surface area contributed by atoms with E-state index in [9.17, 15) is 9.59 Å². The van der Waals surface area contributed by atoms with Crippen molar-refractivity contribution in [3.05, 3.63) is 11.6 Å². The van der Waals surface area contributed by atoms with Crippen molar-refractivity contribution in [2.24, 2.45) is 0 Å². The summed E-state index contributed by atoms with van der Waals surface area (Å²) in [7, 11) is 1.35. The molecule has 0 spiro atoms. The Morgan fingerprint density at radius 2 is 2.33 bits per heavy atom. The standard InChI is InChI=1S/C11H15N3O3S/c1-17-8(15)7-11(3-2-4-11)14-9(16)13-10-12-5-6-18-10/h5-6H,2-4,7H2,1H3,(H2,12,13,14,16). The fourth-order valence-corrected chi connectivity index (χ4v) is 2.48. The van der Waals surface area contributed by atoms with Crippen LogP contribution in [-0.4, -0.2) is 29.6 Å². The quantitative estimate of drug-likeness (QED) is 0.816. The maximum absolute atomic E-state index is 11.8. The van der Waals surface area contributed by atoms with Crippen molar-refractivity contribution in [1.82, 2.24) is 10.3 Å². The van der Waals surface area contributed by atoms with Crippen LogP contribution in [0.15, 0.2) is 11.6 Å². The number of methoxy groups -OCH3 is 1. The average molecular weight is 269 g/mol. The summed E-state index contributed by atoms with van der Waals surface area (Å²) < 4.78 is 4.65. The Balaban J connectivity index is 1.89. The van der Waals surface area contributed by atoms with Crippen LogP contribution in [0.5, 0.6) is 0 Å². The Hall–Kier alpha value is -1.63. The summed E-state index contributed by atoms with van der Waals surface area (Å²) in [6.07, 6.45) is 4.44. The third-order valence-electron chi connectivity index (χ3n) is 3.05. The number of carbonyl (C=O) groups is 2. The molecular formula is C11H15N3O3S. The molecule has 18 heavy (non-hydrogen) atoms. The van der Waals surface area contributed by atoms with E-state index in [0.29, 0.717) is 5.13 Å². The number of nitrogens with zero attached hydrogens (tertiary/aromatic N) is 1. The third kappa shape index (κ3) is 2.98. The highest BCUT2D eigenvalue weighted by Gasteiger charge is 2.40. The number of rotatable bonds is 4. The highest BCUT2D eigenvalue weighted by molar-refractivity contribution is 7.13. The van der Waals surface area contributed by atoms with Gasteiger partial charge in [-0.2, -0.15) is 0 Å². The van der Waals surface area contributed by atoms with E-state index in [-0.39, 0.29) is 18.4 Å². The van der Waals surface area contributed by atoms with E-state index in [1.54, 1.807) is 11.6 Å². The second-order valence-electron chi connectivity index (χ2n) is 4.30. The van der Waals surface area contributed by atoms with Crippen LogP contribution in [0.1, 0.15) is 25.7 Å². The van der Waals surface area contributed by atoms with Crippen LogP contribution in [0.4, 0.5) is 9.93 Å². The summed E-state index contributed by atoms with van der Waals surface area (Å²) in [4.78, 5) is 27.1. The molecule has 1 fully saturated rings. The maximum atomic E-state index is 11.8. The van der Waals surface area contributed by atoms with Gasteiger partial charge in [0.1, 0.15) is 0 Å². The van der Waals surface area contributed by atoms with Crippen LogP contribution in [0.2, 0.25) is 0 Å². The molecule has 1 aromatic heterocycles. The number of hydrogen-bond acceptors (Lipinski definition) is 5. The summed E-state index contributed by atoms with van der Waals surface area (Å²) >= 11 is 1.35. The van der Waals surface area contributed by atoms with Crippen LogP contribution in [0.25, 0.3) is 0 Å².